The highest BCUT2D eigenvalue weighted by Crippen LogP contribution is 2.33. The molecule has 6 rings (SSSR count). The number of carbonyl (C=O) groups is 1. The fourth-order valence-corrected chi connectivity index (χ4v) is 5.00. The smallest absolute Gasteiger partial charge is 0.224 e. The summed E-state index contributed by atoms with van der Waals surface area (Å²) in [6, 6.07) is 10.4. The highest BCUT2D eigenvalue weighted by Gasteiger charge is 2.18. The van der Waals surface area contributed by atoms with Gasteiger partial charge < -0.3 is 20.5 Å². The molecule has 11 nitrogen and oxygen atoms in total. The van der Waals surface area contributed by atoms with Crippen molar-refractivity contribution < 1.29 is 9.18 Å². The summed E-state index contributed by atoms with van der Waals surface area (Å²) in [7, 11) is 3.98. The molecule has 0 atom stereocenters. The summed E-state index contributed by atoms with van der Waals surface area (Å²) >= 11 is 0. The van der Waals surface area contributed by atoms with E-state index in [1.54, 1.807) is 24.8 Å². The van der Waals surface area contributed by atoms with Gasteiger partial charge in [-0.1, -0.05) is 13.8 Å². The Morgan fingerprint density at radius 3 is 2.64 bits per heavy atom. The van der Waals surface area contributed by atoms with Crippen LogP contribution >= 0.6 is 0 Å². The lowest BCUT2D eigenvalue weighted by molar-refractivity contribution is -0.116. The van der Waals surface area contributed by atoms with Gasteiger partial charge in [-0.05, 0) is 56.4 Å². The molecule has 0 aliphatic rings. The summed E-state index contributed by atoms with van der Waals surface area (Å²) in [6.07, 6.45) is 7.13. The summed E-state index contributed by atoms with van der Waals surface area (Å²) in [5.74, 6) is 0.363. The molecule has 6 aromatic rings. The van der Waals surface area contributed by atoms with Crippen LogP contribution in [0.25, 0.3) is 56.0 Å². The predicted octanol–water partition coefficient (Wildman–Crippen LogP) is 5.72. The number of anilines is 2. The Morgan fingerprint density at radius 1 is 0.977 bits per heavy atom. The Balaban J connectivity index is 1.33. The van der Waals surface area contributed by atoms with Crippen LogP contribution < -0.4 is 10.6 Å². The number of hydrogen-bond donors (Lipinski definition) is 4. The van der Waals surface area contributed by atoms with E-state index >= 15 is 0 Å². The van der Waals surface area contributed by atoms with Crippen LogP contribution in [0.2, 0.25) is 0 Å². The fourth-order valence-electron chi connectivity index (χ4n) is 5.00. The number of halogens is 1. The summed E-state index contributed by atoms with van der Waals surface area (Å²) in [5.41, 5.74) is 6.56. The van der Waals surface area contributed by atoms with Crippen molar-refractivity contribution in [3.05, 3.63) is 67.0 Å². The van der Waals surface area contributed by atoms with Crippen molar-refractivity contribution in [1.82, 2.24) is 40.0 Å². The monoisotopic (exact) mass is 592 g/mol. The molecule has 0 saturated heterocycles. The summed E-state index contributed by atoms with van der Waals surface area (Å²) in [6.45, 7) is 5.49. The maximum atomic E-state index is 14.7. The minimum atomic E-state index is -0.360. The summed E-state index contributed by atoms with van der Waals surface area (Å²) in [5, 5.41) is 14.6. The number of likely N-dealkylation sites (N-methyl/N-ethyl adjacent to an activating group) is 1. The Kier molecular flexibility index (Phi) is 7.99. The van der Waals surface area contributed by atoms with Crippen molar-refractivity contribution in [2.24, 2.45) is 5.92 Å². The van der Waals surface area contributed by atoms with Gasteiger partial charge in [0.25, 0.3) is 0 Å². The molecule has 5 heterocycles. The molecule has 1 amide bonds. The molecule has 0 aliphatic heterocycles. The predicted molar refractivity (Wildman–Crippen MR) is 171 cm³/mol. The minimum Gasteiger partial charge on any atom is -0.384 e. The van der Waals surface area contributed by atoms with E-state index in [1.165, 1.54) is 12.1 Å². The first-order valence-corrected chi connectivity index (χ1v) is 14.4. The van der Waals surface area contributed by atoms with E-state index in [0.717, 1.165) is 28.5 Å². The van der Waals surface area contributed by atoms with Crippen LogP contribution in [-0.4, -0.2) is 73.1 Å². The van der Waals surface area contributed by atoms with E-state index in [9.17, 15) is 9.18 Å². The van der Waals surface area contributed by atoms with Crippen LogP contribution in [0.5, 0.6) is 0 Å². The third-order valence-corrected chi connectivity index (χ3v) is 7.04. The molecule has 0 fully saturated rings. The molecule has 0 unspecified atom stereocenters. The molecule has 224 valence electrons. The second kappa shape index (κ2) is 12.2. The van der Waals surface area contributed by atoms with Crippen LogP contribution in [0.4, 0.5) is 15.8 Å². The number of aromatic amines is 2. The standard InChI is InChI=1S/C32H33FN10O/c1-18(2)9-28(44)38-23-12-20(15-34-16-23)26-14-24-27(17-37-26)41-42-30(24)32-39-25-5-6-36-29(31(25)40-32)19-10-21(33)13-22(11-19)35-7-8-43(3)4/h5-6,10-18,35H,7-9H2,1-4H3,(H,38,44)(H,39,40)(H,41,42). The Hall–Kier alpha value is -5.23. The van der Waals surface area contributed by atoms with Gasteiger partial charge in [-0.15, -0.1) is 0 Å². The van der Waals surface area contributed by atoms with E-state index < -0.39 is 0 Å². The van der Waals surface area contributed by atoms with E-state index in [4.69, 9.17) is 4.98 Å². The number of aromatic nitrogens is 7. The lowest BCUT2D eigenvalue weighted by atomic mass is 10.1. The first-order chi connectivity index (χ1) is 21.2. The van der Waals surface area contributed by atoms with Crippen molar-refractivity contribution in [3.63, 3.8) is 0 Å². The van der Waals surface area contributed by atoms with Gasteiger partial charge in [-0.3, -0.25) is 24.8 Å². The molecule has 0 spiro atoms. The number of amides is 1. The number of imidazole rings is 1. The first kappa shape index (κ1) is 28.9. The highest BCUT2D eigenvalue weighted by atomic mass is 19.1. The molecular weight excluding hydrogens is 559 g/mol. The highest BCUT2D eigenvalue weighted by molar-refractivity contribution is 5.97. The molecule has 5 aromatic heterocycles. The third kappa shape index (κ3) is 6.25. The second-order valence-electron chi connectivity index (χ2n) is 11.4. The number of rotatable bonds is 10. The van der Waals surface area contributed by atoms with Crippen molar-refractivity contribution in [1.29, 1.82) is 0 Å². The minimum absolute atomic E-state index is 0.0618. The Labute approximate surface area is 253 Å². The molecule has 44 heavy (non-hydrogen) atoms. The zero-order chi connectivity index (χ0) is 30.8. The number of benzene rings is 1. The van der Waals surface area contributed by atoms with Crippen LogP contribution in [0.1, 0.15) is 20.3 Å². The van der Waals surface area contributed by atoms with Crippen LogP contribution in [0.15, 0.2) is 61.2 Å². The molecule has 0 bridgehead atoms. The zero-order valence-corrected chi connectivity index (χ0v) is 24.9. The van der Waals surface area contributed by atoms with Gasteiger partial charge >= 0.3 is 0 Å². The SMILES string of the molecule is CC(C)CC(=O)Nc1cncc(-c2cc3c(-c4nc5c(-c6cc(F)cc(NCCN(C)C)c6)nccc5[nH]4)n[nH]c3cn2)c1. The Bertz CT molecular complexity index is 1960. The van der Waals surface area contributed by atoms with E-state index in [1.807, 2.05) is 52.2 Å². The van der Waals surface area contributed by atoms with E-state index in [0.29, 0.717) is 58.3 Å². The summed E-state index contributed by atoms with van der Waals surface area (Å²) < 4.78 is 14.7. The quantitative estimate of drug-likeness (QED) is 0.158. The molecule has 1 aromatic carbocycles. The number of nitrogens with one attached hydrogen (secondary N) is 4. The number of pyridine rings is 3. The van der Waals surface area contributed by atoms with E-state index in [2.05, 4.69) is 45.7 Å². The molecule has 0 saturated carbocycles. The van der Waals surface area contributed by atoms with Gasteiger partial charge in [0, 0.05) is 54.1 Å². The first-order valence-electron chi connectivity index (χ1n) is 14.4. The number of carbonyl (C=O) groups excluding carboxylic acids is 1. The van der Waals surface area contributed by atoms with Crippen LogP contribution in [-0.2, 0) is 4.79 Å². The lowest BCUT2D eigenvalue weighted by Crippen LogP contribution is -2.20. The van der Waals surface area contributed by atoms with Crippen LogP contribution in [0.3, 0.4) is 0 Å². The molecule has 0 radical (unpaired) electrons. The topological polar surface area (TPSA) is 140 Å². The normalized spacial score (nSPS) is 11.6. The van der Waals surface area contributed by atoms with E-state index in [-0.39, 0.29) is 17.6 Å². The maximum Gasteiger partial charge on any atom is 0.224 e. The Morgan fingerprint density at radius 2 is 1.82 bits per heavy atom. The van der Waals surface area contributed by atoms with Crippen LogP contribution in [0, 0.1) is 11.7 Å². The van der Waals surface area contributed by atoms with Crippen molar-refractivity contribution in [3.8, 4) is 34.0 Å². The van der Waals surface area contributed by atoms with Crippen molar-refractivity contribution >= 4 is 39.2 Å². The molecule has 0 aliphatic carbocycles. The zero-order valence-electron chi connectivity index (χ0n) is 24.9. The molecule has 12 heteroatoms. The van der Waals surface area contributed by atoms with Crippen molar-refractivity contribution in [2.45, 2.75) is 20.3 Å². The average Bonchev–Trinajstić information content (AvgIpc) is 3.60. The number of nitrogens with zero attached hydrogens (tertiary/aromatic N) is 6. The average molecular weight is 593 g/mol. The number of hydrogen-bond acceptors (Lipinski definition) is 8. The van der Waals surface area contributed by atoms with Gasteiger partial charge in [0.15, 0.2) is 5.82 Å². The summed E-state index contributed by atoms with van der Waals surface area (Å²) in [4.78, 5) is 36.0. The fraction of sp³-hybridized carbons (Fsp3) is 0.250. The lowest BCUT2D eigenvalue weighted by Gasteiger charge is -2.12. The van der Waals surface area contributed by atoms with Gasteiger partial charge in [0.1, 0.15) is 17.0 Å². The van der Waals surface area contributed by atoms with Gasteiger partial charge in [-0.25, -0.2) is 9.37 Å². The third-order valence-electron chi connectivity index (χ3n) is 7.04. The van der Waals surface area contributed by atoms with Gasteiger partial charge in [-0.2, -0.15) is 5.10 Å². The maximum absolute atomic E-state index is 14.7. The number of fused-ring (bicyclic) bond motifs is 2. The largest absolute Gasteiger partial charge is 0.384 e. The van der Waals surface area contributed by atoms with Crippen molar-refractivity contribution in [2.75, 3.05) is 37.8 Å². The van der Waals surface area contributed by atoms with Gasteiger partial charge in [0.2, 0.25) is 5.91 Å². The van der Waals surface area contributed by atoms with Gasteiger partial charge in [0.05, 0.1) is 40.5 Å². The molecular formula is C32H33FN10O. The number of H-pyrrole nitrogens is 2. The molecule has 4 N–H and O–H groups in total. The second-order valence-corrected chi connectivity index (χ2v) is 11.4.